The molecule has 3 rings (SSSR count). The summed E-state index contributed by atoms with van der Waals surface area (Å²) in [4.78, 5) is 14.6. The van der Waals surface area contributed by atoms with E-state index in [-0.39, 0.29) is 5.91 Å². The van der Waals surface area contributed by atoms with Crippen molar-refractivity contribution >= 4 is 17.3 Å². The van der Waals surface area contributed by atoms with E-state index in [1.54, 1.807) is 7.11 Å². The lowest BCUT2D eigenvalue weighted by molar-refractivity contribution is -0.116. The van der Waals surface area contributed by atoms with E-state index in [0.717, 1.165) is 36.5 Å². The van der Waals surface area contributed by atoms with Crippen molar-refractivity contribution in [2.24, 2.45) is 0 Å². The zero-order valence-corrected chi connectivity index (χ0v) is 14.8. The summed E-state index contributed by atoms with van der Waals surface area (Å²) < 4.78 is 5.14. The Labute approximate surface area is 149 Å². The van der Waals surface area contributed by atoms with Gasteiger partial charge in [-0.25, -0.2) is 0 Å². The molecule has 0 aromatic heterocycles. The molecule has 0 bridgehead atoms. The first-order chi connectivity index (χ1) is 12.2. The summed E-state index contributed by atoms with van der Waals surface area (Å²) in [6.45, 7) is 2.27. The molecule has 0 saturated carbocycles. The van der Waals surface area contributed by atoms with Gasteiger partial charge in [0.1, 0.15) is 5.75 Å². The largest absolute Gasteiger partial charge is 0.497 e. The molecule has 0 unspecified atom stereocenters. The Morgan fingerprint density at radius 1 is 1.00 bits per heavy atom. The van der Waals surface area contributed by atoms with Crippen LogP contribution in [0.5, 0.6) is 5.75 Å². The molecule has 1 aliphatic heterocycles. The highest BCUT2D eigenvalue weighted by Gasteiger charge is 2.11. The molecule has 0 radical (unpaired) electrons. The lowest BCUT2D eigenvalue weighted by atomic mass is 10.1. The van der Waals surface area contributed by atoms with Crippen LogP contribution in [0.2, 0.25) is 0 Å². The van der Waals surface area contributed by atoms with Gasteiger partial charge in [0.25, 0.3) is 0 Å². The first-order valence-electron chi connectivity index (χ1n) is 9.02. The number of amides is 1. The fourth-order valence-corrected chi connectivity index (χ4v) is 3.18. The Hall–Kier alpha value is -2.49. The summed E-state index contributed by atoms with van der Waals surface area (Å²) in [5, 5.41) is 2.98. The van der Waals surface area contributed by atoms with E-state index in [9.17, 15) is 4.79 Å². The third kappa shape index (κ3) is 4.99. The summed E-state index contributed by atoms with van der Waals surface area (Å²) >= 11 is 0. The standard InChI is InChI=1S/C21H26N2O2/c1-25-20-12-5-17(6-13-20)7-14-21(24)22-18-8-10-19(11-9-18)23-15-3-2-4-16-23/h5-6,8-13H,2-4,7,14-16H2,1H3,(H,22,24). The summed E-state index contributed by atoms with van der Waals surface area (Å²) in [6.07, 6.45) is 5.06. The number of hydrogen-bond acceptors (Lipinski definition) is 3. The summed E-state index contributed by atoms with van der Waals surface area (Å²) in [6, 6.07) is 16.0. The highest BCUT2D eigenvalue weighted by molar-refractivity contribution is 5.91. The van der Waals surface area contributed by atoms with Crippen molar-refractivity contribution in [3.8, 4) is 5.75 Å². The molecular formula is C21H26N2O2. The molecule has 1 heterocycles. The molecule has 1 fully saturated rings. The monoisotopic (exact) mass is 338 g/mol. The first kappa shape index (κ1) is 17.3. The fraction of sp³-hybridized carbons (Fsp3) is 0.381. The number of rotatable bonds is 6. The van der Waals surface area contributed by atoms with E-state index < -0.39 is 0 Å². The van der Waals surface area contributed by atoms with Gasteiger partial charge < -0.3 is 15.0 Å². The molecule has 4 nitrogen and oxygen atoms in total. The summed E-state index contributed by atoms with van der Waals surface area (Å²) in [5.74, 6) is 0.878. The van der Waals surface area contributed by atoms with Gasteiger partial charge in [-0.15, -0.1) is 0 Å². The number of nitrogens with one attached hydrogen (secondary N) is 1. The minimum absolute atomic E-state index is 0.0431. The molecule has 25 heavy (non-hydrogen) atoms. The third-order valence-electron chi connectivity index (χ3n) is 4.67. The highest BCUT2D eigenvalue weighted by atomic mass is 16.5. The van der Waals surface area contributed by atoms with Crippen molar-refractivity contribution in [3.63, 3.8) is 0 Å². The maximum atomic E-state index is 12.1. The van der Waals surface area contributed by atoms with Crippen LogP contribution in [0.3, 0.4) is 0 Å². The second-order valence-electron chi connectivity index (χ2n) is 6.49. The predicted molar refractivity (Wildman–Crippen MR) is 102 cm³/mol. The number of anilines is 2. The first-order valence-corrected chi connectivity index (χ1v) is 9.02. The van der Waals surface area contributed by atoms with Crippen LogP contribution in [0.15, 0.2) is 48.5 Å². The number of benzene rings is 2. The van der Waals surface area contributed by atoms with Crippen molar-refractivity contribution in [1.82, 2.24) is 0 Å². The summed E-state index contributed by atoms with van der Waals surface area (Å²) in [5.41, 5.74) is 3.24. The van der Waals surface area contributed by atoms with Gasteiger partial charge in [-0.05, 0) is 67.6 Å². The van der Waals surface area contributed by atoms with Crippen LogP contribution in [0.4, 0.5) is 11.4 Å². The van der Waals surface area contributed by atoms with Crippen LogP contribution in [-0.2, 0) is 11.2 Å². The van der Waals surface area contributed by atoms with E-state index in [0.29, 0.717) is 6.42 Å². The highest BCUT2D eigenvalue weighted by Crippen LogP contribution is 2.22. The number of piperidine rings is 1. The number of ether oxygens (including phenoxy) is 1. The Morgan fingerprint density at radius 3 is 2.32 bits per heavy atom. The number of methoxy groups -OCH3 is 1. The Kier molecular flexibility index (Phi) is 5.94. The van der Waals surface area contributed by atoms with Crippen LogP contribution in [0.1, 0.15) is 31.2 Å². The topological polar surface area (TPSA) is 41.6 Å². The fourth-order valence-electron chi connectivity index (χ4n) is 3.18. The van der Waals surface area contributed by atoms with Crippen molar-refractivity contribution in [2.45, 2.75) is 32.1 Å². The molecule has 0 atom stereocenters. The molecule has 132 valence electrons. The maximum absolute atomic E-state index is 12.1. The molecule has 1 aliphatic rings. The van der Waals surface area contributed by atoms with Gasteiger partial charge in [0.2, 0.25) is 5.91 Å². The minimum atomic E-state index is 0.0431. The molecule has 4 heteroatoms. The third-order valence-corrected chi connectivity index (χ3v) is 4.67. The number of carbonyl (C=O) groups excluding carboxylic acids is 1. The summed E-state index contributed by atoms with van der Waals surface area (Å²) in [7, 11) is 1.65. The molecule has 1 amide bonds. The van der Waals surface area contributed by atoms with Crippen LogP contribution < -0.4 is 15.0 Å². The number of aryl methyl sites for hydroxylation is 1. The Bertz CT molecular complexity index is 674. The van der Waals surface area contributed by atoms with E-state index in [4.69, 9.17) is 4.74 Å². The zero-order valence-electron chi connectivity index (χ0n) is 14.8. The van der Waals surface area contributed by atoms with Gasteiger partial charge in [0, 0.05) is 30.9 Å². The SMILES string of the molecule is COc1ccc(CCC(=O)Nc2ccc(N3CCCCC3)cc2)cc1. The lowest BCUT2D eigenvalue weighted by Gasteiger charge is -2.28. The maximum Gasteiger partial charge on any atom is 0.224 e. The average molecular weight is 338 g/mol. The van der Waals surface area contributed by atoms with Gasteiger partial charge in [-0.3, -0.25) is 4.79 Å². The van der Waals surface area contributed by atoms with Gasteiger partial charge >= 0.3 is 0 Å². The minimum Gasteiger partial charge on any atom is -0.497 e. The molecule has 0 spiro atoms. The predicted octanol–water partition coefficient (Wildman–Crippen LogP) is 4.26. The van der Waals surface area contributed by atoms with Crippen molar-refractivity contribution < 1.29 is 9.53 Å². The van der Waals surface area contributed by atoms with Crippen LogP contribution in [0.25, 0.3) is 0 Å². The van der Waals surface area contributed by atoms with Gasteiger partial charge in [0.05, 0.1) is 7.11 Å². The Balaban J connectivity index is 1.48. The average Bonchev–Trinajstić information content (AvgIpc) is 2.68. The number of carbonyl (C=O) groups is 1. The number of hydrogen-bond donors (Lipinski definition) is 1. The van der Waals surface area contributed by atoms with Gasteiger partial charge in [0.15, 0.2) is 0 Å². The zero-order chi connectivity index (χ0) is 17.5. The van der Waals surface area contributed by atoms with E-state index in [1.165, 1.54) is 24.9 Å². The van der Waals surface area contributed by atoms with Gasteiger partial charge in [-0.2, -0.15) is 0 Å². The second kappa shape index (κ2) is 8.56. The molecule has 2 aromatic rings. The lowest BCUT2D eigenvalue weighted by Crippen LogP contribution is -2.29. The molecule has 0 aliphatic carbocycles. The van der Waals surface area contributed by atoms with Crippen LogP contribution in [-0.4, -0.2) is 26.1 Å². The second-order valence-corrected chi connectivity index (χ2v) is 6.49. The molecule has 1 N–H and O–H groups in total. The molecular weight excluding hydrogens is 312 g/mol. The molecule has 1 saturated heterocycles. The number of nitrogens with zero attached hydrogens (tertiary/aromatic N) is 1. The van der Waals surface area contributed by atoms with Gasteiger partial charge in [-0.1, -0.05) is 12.1 Å². The van der Waals surface area contributed by atoms with Crippen molar-refractivity contribution in [1.29, 1.82) is 0 Å². The van der Waals surface area contributed by atoms with E-state index in [2.05, 4.69) is 22.3 Å². The van der Waals surface area contributed by atoms with E-state index in [1.807, 2.05) is 36.4 Å². The van der Waals surface area contributed by atoms with Crippen LogP contribution in [0, 0.1) is 0 Å². The smallest absolute Gasteiger partial charge is 0.224 e. The Morgan fingerprint density at radius 2 is 1.68 bits per heavy atom. The normalized spacial score (nSPS) is 14.2. The van der Waals surface area contributed by atoms with Crippen molar-refractivity contribution in [2.75, 3.05) is 30.4 Å². The van der Waals surface area contributed by atoms with Crippen LogP contribution >= 0.6 is 0 Å². The molecule has 2 aromatic carbocycles. The van der Waals surface area contributed by atoms with Crippen molar-refractivity contribution in [3.05, 3.63) is 54.1 Å². The quantitative estimate of drug-likeness (QED) is 0.856. The van der Waals surface area contributed by atoms with E-state index >= 15 is 0 Å².